The Morgan fingerprint density at radius 1 is 1.22 bits per heavy atom. The molecule has 0 saturated heterocycles. The standard InChI is InChI=1S/C13H10ClFN2O/c14-12-8-2-1-3-10(8)16-13(17-12)7-4-5-11(18)9(15)6-7/h4-6,18H,1-3H2. The second-order valence-electron chi connectivity index (χ2n) is 4.28. The summed E-state index contributed by atoms with van der Waals surface area (Å²) in [6.45, 7) is 0. The van der Waals surface area contributed by atoms with E-state index in [0.717, 1.165) is 30.5 Å². The van der Waals surface area contributed by atoms with Gasteiger partial charge in [0.15, 0.2) is 17.4 Å². The Balaban J connectivity index is 2.12. The number of nitrogens with zero attached hydrogens (tertiary/aromatic N) is 2. The highest BCUT2D eigenvalue weighted by Crippen LogP contribution is 2.29. The van der Waals surface area contributed by atoms with E-state index in [-0.39, 0.29) is 5.75 Å². The molecular formula is C13H10ClFN2O. The van der Waals surface area contributed by atoms with E-state index < -0.39 is 5.82 Å². The molecular weight excluding hydrogens is 255 g/mol. The van der Waals surface area contributed by atoms with Gasteiger partial charge in [-0.05, 0) is 37.5 Å². The number of hydrogen-bond donors (Lipinski definition) is 1. The molecule has 3 nitrogen and oxygen atoms in total. The zero-order chi connectivity index (χ0) is 12.7. The van der Waals surface area contributed by atoms with Crippen molar-refractivity contribution in [3.05, 3.63) is 40.4 Å². The van der Waals surface area contributed by atoms with E-state index in [1.54, 1.807) is 6.07 Å². The third kappa shape index (κ3) is 1.82. The fraction of sp³-hybridized carbons (Fsp3) is 0.231. The fourth-order valence-corrected chi connectivity index (χ4v) is 2.45. The number of aryl methyl sites for hydroxylation is 1. The number of benzene rings is 1. The molecule has 1 aliphatic rings. The summed E-state index contributed by atoms with van der Waals surface area (Å²) in [6, 6.07) is 4.07. The average molecular weight is 265 g/mol. The van der Waals surface area contributed by atoms with Gasteiger partial charge < -0.3 is 5.11 Å². The number of aromatic hydroxyl groups is 1. The third-order valence-corrected chi connectivity index (χ3v) is 3.40. The van der Waals surface area contributed by atoms with Crippen LogP contribution >= 0.6 is 11.6 Å². The molecule has 0 saturated carbocycles. The molecule has 0 fully saturated rings. The number of rotatable bonds is 1. The van der Waals surface area contributed by atoms with Gasteiger partial charge in [0.05, 0.1) is 0 Å². The van der Waals surface area contributed by atoms with E-state index in [9.17, 15) is 4.39 Å². The molecule has 3 rings (SSSR count). The number of halogens is 2. The van der Waals surface area contributed by atoms with Gasteiger partial charge in [-0.15, -0.1) is 0 Å². The zero-order valence-electron chi connectivity index (χ0n) is 9.45. The maximum atomic E-state index is 13.3. The number of phenols is 1. The molecule has 1 aromatic heterocycles. The Morgan fingerprint density at radius 2 is 2.06 bits per heavy atom. The molecule has 92 valence electrons. The van der Waals surface area contributed by atoms with E-state index in [0.29, 0.717) is 16.5 Å². The van der Waals surface area contributed by atoms with Crippen molar-refractivity contribution >= 4 is 11.6 Å². The van der Waals surface area contributed by atoms with Crippen LogP contribution in [0.3, 0.4) is 0 Å². The molecule has 2 aromatic rings. The summed E-state index contributed by atoms with van der Waals surface area (Å²) in [7, 11) is 0. The quantitative estimate of drug-likeness (QED) is 0.805. The highest BCUT2D eigenvalue weighted by Gasteiger charge is 2.19. The van der Waals surface area contributed by atoms with Crippen LogP contribution in [0.1, 0.15) is 17.7 Å². The van der Waals surface area contributed by atoms with Gasteiger partial charge in [-0.2, -0.15) is 0 Å². The second kappa shape index (κ2) is 4.21. The monoisotopic (exact) mass is 264 g/mol. The minimum absolute atomic E-state index is 0.383. The first kappa shape index (κ1) is 11.4. The van der Waals surface area contributed by atoms with Crippen LogP contribution in [0.5, 0.6) is 5.75 Å². The highest BCUT2D eigenvalue weighted by molar-refractivity contribution is 6.30. The van der Waals surface area contributed by atoms with Crippen LogP contribution in [0, 0.1) is 5.82 Å². The molecule has 0 bridgehead atoms. The molecule has 0 radical (unpaired) electrons. The summed E-state index contributed by atoms with van der Waals surface area (Å²) in [5.74, 6) is -0.668. The Labute approximate surface area is 108 Å². The molecule has 0 spiro atoms. The summed E-state index contributed by atoms with van der Waals surface area (Å²) in [4.78, 5) is 8.60. The van der Waals surface area contributed by atoms with Crippen LogP contribution in [0.15, 0.2) is 18.2 Å². The van der Waals surface area contributed by atoms with Crippen LogP contribution < -0.4 is 0 Å². The van der Waals surface area contributed by atoms with Crippen molar-refractivity contribution in [2.24, 2.45) is 0 Å². The first-order valence-corrected chi connectivity index (χ1v) is 6.07. The number of aromatic nitrogens is 2. The topological polar surface area (TPSA) is 46.0 Å². The fourth-order valence-electron chi connectivity index (χ4n) is 2.16. The Kier molecular flexibility index (Phi) is 2.67. The third-order valence-electron chi connectivity index (χ3n) is 3.09. The molecule has 1 heterocycles. The highest BCUT2D eigenvalue weighted by atomic mass is 35.5. The largest absolute Gasteiger partial charge is 0.505 e. The van der Waals surface area contributed by atoms with Crippen LogP contribution in [-0.4, -0.2) is 15.1 Å². The van der Waals surface area contributed by atoms with Crippen molar-refractivity contribution in [1.29, 1.82) is 0 Å². The van der Waals surface area contributed by atoms with Crippen LogP contribution in [0.4, 0.5) is 4.39 Å². The van der Waals surface area contributed by atoms with E-state index in [2.05, 4.69) is 9.97 Å². The molecule has 0 amide bonds. The predicted octanol–water partition coefficient (Wildman–Crippen LogP) is 3.13. The van der Waals surface area contributed by atoms with E-state index in [1.807, 2.05) is 0 Å². The van der Waals surface area contributed by atoms with Crippen molar-refractivity contribution in [2.45, 2.75) is 19.3 Å². The van der Waals surface area contributed by atoms with Gasteiger partial charge in [-0.1, -0.05) is 11.6 Å². The second-order valence-corrected chi connectivity index (χ2v) is 4.64. The molecule has 1 aliphatic carbocycles. The molecule has 1 N–H and O–H groups in total. The minimum atomic E-state index is -0.687. The first-order valence-electron chi connectivity index (χ1n) is 5.69. The SMILES string of the molecule is Oc1ccc(-c2nc(Cl)c3c(n2)CCC3)cc1F. The Morgan fingerprint density at radius 3 is 2.83 bits per heavy atom. The molecule has 18 heavy (non-hydrogen) atoms. The van der Waals surface area contributed by atoms with Crippen LogP contribution in [0.25, 0.3) is 11.4 Å². The van der Waals surface area contributed by atoms with Gasteiger partial charge in [0.25, 0.3) is 0 Å². The van der Waals surface area contributed by atoms with Crippen molar-refractivity contribution in [2.75, 3.05) is 0 Å². The van der Waals surface area contributed by atoms with Gasteiger partial charge in [0, 0.05) is 16.8 Å². The van der Waals surface area contributed by atoms with Crippen molar-refractivity contribution in [1.82, 2.24) is 9.97 Å². The lowest BCUT2D eigenvalue weighted by molar-refractivity contribution is 0.432. The van der Waals surface area contributed by atoms with Gasteiger partial charge in [-0.25, -0.2) is 14.4 Å². The lowest BCUT2D eigenvalue weighted by Crippen LogP contribution is -1.97. The summed E-state index contributed by atoms with van der Waals surface area (Å²) in [5.41, 5.74) is 2.46. The lowest BCUT2D eigenvalue weighted by Gasteiger charge is -2.06. The molecule has 5 heteroatoms. The van der Waals surface area contributed by atoms with Gasteiger partial charge in [0.2, 0.25) is 0 Å². The van der Waals surface area contributed by atoms with Gasteiger partial charge >= 0.3 is 0 Å². The Hall–Kier alpha value is -1.68. The van der Waals surface area contributed by atoms with Gasteiger partial charge in [0.1, 0.15) is 5.15 Å². The van der Waals surface area contributed by atoms with Crippen LogP contribution in [0.2, 0.25) is 5.15 Å². The van der Waals surface area contributed by atoms with Crippen molar-refractivity contribution in [3.8, 4) is 17.1 Å². The maximum Gasteiger partial charge on any atom is 0.165 e. The minimum Gasteiger partial charge on any atom is -0.505 e. The zero-order valence-corrected chi connectivity index (χ0v) is 10.2. The number of phenolic OH excluding ortho intramolecular Hbond substituents is 1. The lowest BCUT2D eigenvalue weighted by atomic mass is 10.2. The molecule has 0 unspecified atom stereocenters. The molecule has 1 aromatic carbocycles. The average Bonchev–Trinajstić information content (AvgIpc) is 2.81. The Bertz CT molecular complexity index is 631. The normalized spacial score (nSPS) is 13.7. The van der Waals surface area contributed by atoms with E-state index >= 15 is 0 Å². The first-order chi connectivity index (χ1) is 8.65. The van der Waals surface area contributed by atoms with E-state index in [4.69, 9.17) is 16.7 Å². The predicted molar refractivity (Wildman–Crippen MR) is 66.1 cm³/mol. The van der Waals surface area contributed by atoms with Gasteiger partial charge in [-0.3, -0.25) is 0 Å². The van der Waals surface area contributed by atoms with Crippen LogP contribution in [-0.2, 0) is 12.8 Å². The summed E-state index contributed by atoms with van der Waals surface area (Å²) in [6.07, 6.45) is 2.81. The number of fused-ring (bicyclic) bond motifs is 1. The van der Waals surface area contributed by atoms with Crippen molar-refractivity contribution < 1.29 is 9.50 Å². The van der Waals surface area contributed by atoms with E-state index in [1.165, 1.54) is 12.1 Å². The summed E-state index contributed by atoms with van der Waals surface area (Å²) < 4.78 is 13.3. The molecule has 0 aliphatic heterocycles. The maximum absolute atomic E-state index is 13.3. The number of hydrogen-bond acceptors (Lipinski definition) is 3. The molecule has 0 atom stereocenters. The summed E-state index contributed by atoms with van der Waals surface area (Å²) in [5, 5.41) is 9.60. The summed E-state index contributed by atoms with van der Waals surface area (Å²) >= 11 is 6.10. The van der Waals surface area contributed by atoms with Crippen molar-refractivity contribution in [3.63, 3.8) is 0 Å². The smallest absolute Gasteiger partial charge is 0.165 e.